The van der Waals surface area contributed by atoms with Gasteiger partial charge in [0.05, 0.1) is 19.1 Å². The third-order valence-electron chi connectivity index (χ3n) is 6.01. The molecule has 0 atom stereocenters. The number of hydrogen-bond acceptors (Lipinski definition) is 7. The minimum atomic E-state index is -4.39. The maximum atomic E-state index is 14.0. The molecular weight excluding hydrogens is 454 g/mol. The third kappa shape index (κ3) is 5.61. The van der Waals surface area contributed by atoms with E-state index in [1.807, 2.05) is 4.90 Å². The molecule has 8 nitrogen and oxygen atoms in total. The van der Waals surface area contributed by atoms with Crippen LogP contribution in [-0.4, -0.2) is 76.0 Å². The van der Waals surface area contributed by atoms with Crippen LogP contribution in [0.5, 0.6) is 0 Å². The number of fused-ring (bicyclic) bond motifs is 1. The van der Waals surface area contributed by atoms with Crippen LogP contribution in [0.3, 0.4) is 0 Å². The summed E-state index contributed by atoms with van der Waals surface area (Å²) in [5.41, 5.74) is 1.09. The summed E-state index contributed by atoms with van der Waals surface area (Å²) in [6.45, 7) is 1.64. The predicted octanol–water partition coefficient (Wildman–Crippen LogP) is 3.38. The van der Waals surface area contributed by atoms with Gasteiger partial charge in [-0.2, -0.15) is 13.2 Å². The Labute approximate surface area is 194 Å². The van der Waals surface area contributed by atoms with Crippen molar-refractivity contribution >= 4 is 17.0 Å². The minimum Gasteiger partial charge on any atom is -0.383 e. The number of likely N-dealkylation sites (tertiary alicyclic amines) is 1. The second kappa shape index (κ2) is 10.2. The van der Waals surface area contributed by atoms with Crippen molar-refractivity contribution in [3.05, 3.63) is 42.0 Å². The van der Waals surface area contributed by atoms with E-state index in [0.717, 1.165) is 10.9 Å². The van der Waals surface area contributed by atoms with Crippen molar-refractivity contribution in [2.45, 2.75) is 38.0 Å². The van der Waals surface area contributed by atoms with Crippen LogP contribution >= 0.6 is 0 Å². The molecule has 0 radical (unpaired) electrons. The van der Waals surface area contributed by atoms with Crippen molar-refractivity contribution in [1.82, 2.24) is 29.4 Å². The maximum absolute atomic E-state index is 14.0. The summed E-state index contributed by atoms with van der Waals surface area (Å²) in [5, 5.41) is 0. The molecule has 1 fully saturated rings. The van der Waals surface area contributed by atoms with Crippen molar-refractivity contribution < 1.29 is 22.3 Å². The van der Waals surface area contributed by atoms with E-state index in [2.05, 4.69) is 19.9 Å². The molecule has 184 valence electrons. The SMILES string of the molecule is COCCN(C)c1nc(C2CCN(Cc3ccncc3F)CC2)nc2c1ncn2CC(F)(F)F. The molecule has 3 aromatic heterocycles. The fourth-order valence-electron chi connectivity index (χ4n) is 4.16. The summed E-state index contributed by atoms with van der Waals surface area (Å²) < 4.78 is 59.5. The second-order valence-electron chi connectivity index (χ2n) is 8.50. The smallest absolute Gasteiger partial charge is 0.383 e. The Kier molecular flexibility index (Phi) is 7.27. The van der Waals surface area contributed by atoms with Crippen LogP contribution in [0.4, 0.5) is 23.4 Å². The van der Waals surface area contributed by atoms with Crippen LogP contribution in [0.2, 0.25) is 0 Å². The van der Waals surface area contributed by atoms with Crippen molar-refractivity contribution in [1.29, 1.82) is 0 Å². The highest BCUT2D eigenvalue weighted by Crippen LogP contribution is 2.31. The second-order valence-corrected chi connectivity index (χ2v) is 8.50. The molecule has 1 saturated heterocycles. The standard InChI is InChI=1S/C22H27F4N7O/c1-31(9-10-34-2)20-18-21(33(14-28-18)13-22(24,25)26)30-19(29-20)15-4-7-32(8-5-15)12-16-3-6-27-11-17(16)23/h3,6,11,14-15H,4-5,7-10,12-13H2,1-2H3. The van der Waals surface area contributed by atoms with Crippen molar-refractivity contribution in [3.8, 4) is 0 Å². The fraction of sp³-hybridized carbons (Fsp3) is 0.545. The third-order valence-corrected chi connectivity index (χ3v) is 6.01. The Balaban J connectivity index is 1.57. The van der Waals surface area contributed by atoms with Gasteiger partial charge >= 0.3 is 6.18 Å². The first-order chi connectivity index (χ1) is 16.2. The van der Waals surface area contributed by atoms with E-state index in [1.165, 1.54) is 6.20 Å². The number of piperidine rings is 1. The lowest BCUT2D eigenvalue weighted by molar-refractivity contribution is -0.140. The molecule has 3 aromatic rings. The van der Waals surface area contributed by atoms with Crippen molar-refractivity contribution in [2.75, 3.05) is 45.3 Å². The summed E-state index contributed by atoms with van der Waals surface area (Å²) in [5.74, 6) is 0.636. The molecule has 0 unspecified atom stereocenters. The number of likely N-dealkylation sites (N-methyl/N-ethyl adjacent to an activating group) is 1. The predicted molar refractivity (Wildman–Crippen MR) is 118 cm³/mol. The zero-order valence-corrected chi connectivity index (χ0v) is 19.1. The number of alkyl halides is 3. The average molecular weight is 481 g/mol. The van der Waals surface area contributed by atoms with Gasteiger partial charge in [-0.15, -0.1) is 0 Å². The Morgan fingerprint density at radius 3 is 2.65 bits per heavy atom. The molecular formula is C22H27F4N7O. The van der Waals surface area contributed by atoms with E-state index >= 15 is 0 Å². The molecule has 0 aliphatic carbocycles. The summed E-state index contributed by atoms with van der Waals surface area (Å²) in [7, 11) is 3.39. The molecule has 0 bridgehead atoms. The fourth-order valence-corrected chi connectivity index (χ4v) is 4.16. The lowest BCUT2D eigenvalue weighted by atomic mass is 9.95. The Morgan fingerprint density at radius 2 is 1.97 bits per heavy atom. The van der Waals surface area contributed by atoms with Crippen LogP contribution in [0.25, 0.3) is 11.2 Å². The zero-order valence-electron chi connectivity index (χ0n) is 19.1. The van der Waals surface area contributed by atoms with Crippen molar-refractivity contribution in [2.24, 2.45) is 0 Å². The number of aromatic nitrogens is 5. The lowest BCUT2D eigenvalue weighted by Crippen LogP contribution is -2.33. The van der Waals surface area contributed by atoms with Crippen LogP contribution < -0.4 is 4.90 Å². The highest BCUT2D eigenvalue weighted by atomic mass is 19.4. The molecule has 0 spiro atoms. The van der Waals surface area contributed by atoms with E-state index in [9.17, 15) is 17.6 Å². The molecule has 0 aromatic carbocycles. The molecule has 1 aliphatic rings. The van der Waals surface area contributed by atoms with E-state index < -0.39 is 12.7 Å². The molecule has 4 rings (SSSR count). The Morgan fingerprint density at radius 1 is 1.21 bits per heavy atom. The van der Waals surface area contributed by atoms with Crippen LogP contribution in [0.15, 0.2) is 24.8 Å². The summed E-state index contributed by atoms with van der Waals surface area (Å²) in [4.78, 5) is 21.2. The number of ether oxygens (including phenoxy) is 1. The topological polar surface area (TPSA) is 72.2 Å². The number of nitrogens with zero attached hydrogens (tertiary/aromatic N) is 7. The first-order valence-electron chi connectivity index (χ1n) is 11.1. The summed E-state index contributed by atoms with van der Waals surface area (Å²) in [6, 6.07) is 1.67. The van der Waals surface area contributed by atoms with Gasteiger partial charge in [0.1, 0.15) is 18.2 Å². The summed E-state index contributed by atoms with van der Waals surface area (Å²) in [6.07, 6.45) is 0.973. The number of hydrogen-bond donors (Lipinski definition) is 0. The molecule has 1 aliphatic heterocycles. The number of anilines is 1. The monoisotopic (exact) mass is 481 g/mol. The normalized spacial score (nSPS) is 15.8. The van der Waals surface area contributed by atoms with Crippen LogP contribution in [0, 0.1) is 5.82 Å². The van der Waals surface area contributed by atoms with Gasteiger partial charge in [0, 0.05) is 44.9 Å². The van der Waals surface area contributed by atoms with Gasteiger partial charge in [0.2, 0.25) is 0 Å². The number of methoxy groups -OCH3 is 1. The number of imidazole rings is 1. The van der Waals surface area contributed by atoms with Gasteiger partial charge in [-0.25, -0.2) is 19.3 Å². The van der Waals surface area contributed by atoms with Crippen molar-refractivity contribution in [3.63, 3.8) is 0 Å². The number of pyridine rings is 1. The molecule has 0 saturated carbocycles. The number of halogens is 4. The Hall–Kier alpha value is -2.86. The van der Waals surface area contributed by atoms with Gasteiger partial charge in [-0.1, -0.05) is 0 Å². The van der Waals surface area contributed by atoms with Gasteiger partial charge in [0.15, 0.2) is 17.0 Å². The number of rotatable bonds is 8. The average Bonchev–Trinajstić information content (AvgIpc) is 3.20. The zero-order chi connectivity index (χ0) is 24.3. The molecule has 12 heteroatoms. The van der Waals surface area contributed by atoms with E-state index in [4.69, 9.17) is 9.72 Å². The minimum absolute atomic E-state index is 0.0215. The Bertz CT molecular complexity index is 1110. The quantitative estimate of drug-likeness (QED) is 0.457. The van der Waals surface area contributed by atoms with Gasteiger partial charge in [-0.3, -0.25) is 9.88 Å². The lowest BCUT2D eigenvalue weighted by Gasteiger charge is -2.31. The van der Waals surface area contributed by atoms with E-state index in [1.54, 1.807) is 26.4 Å². The van der Waals surface area contributed by atoms with Crippen LogP contribution in [-0.2, 0) is 17.8 Å². The van der Waals surface area contributed by atoms with Gasteiger partial charge in [0.25, 0.3) is 0 Å². The largest absolute Gasteiger partial charge is 0.406 e. The molecule has 0 N–H and O–H groups in total. The van der Waals surface area contributed by atoms with Gasteiger partial charge < -0.3 is 14.2 Å². The molecule has 4 heterocycles. The molecule has 34 heavy (non-hydrogen) atoms. The first kappa shape index (κ1) is 24.3. The van der Waals surface area contributed by atoms with Gasteiger partial charge in [-0.05, 0) is 32.0 Å². The van der Waals surface area contributed by atoms with E-state index in [0.29, 0.717) is 68.3 Å². The van der Waals surface area contributed by atoms with Crippen LogP contribution in [0.1, 0.15) is 30.1 Å². The maximum Gasteiger partial charge on any atom is 0.406 e. The van der Waals surface area contributed by atoms with E-state index in [-0.39, 0.29) is 17.4 Å². The summed E-state index contributed by atoms with van der Waals surface area (Å²) >= 11 is 0. The molecule has 0 amide bonds. The highest BCUT2D eigenvalue weighted by Gasteiger charge is 2.31. The highest BCUT2D eigenvalue weighted by molar-refractivity contribution is 5.83. The first-order valence-corrected chi connectivity index (χ1v) is 11.1.